The summed E-state index contributed by atoms with van der Waals surface area (Å²) < 4.78 is 37.2. The van der Waals surface area contributed by atoms with Crippen LogP contribution in [-0.2, 0) is 21.2 Å². The summed E-state index contributed by atoms with van der Waals surface area (Å²) in [7, 11) is -2.12. The Bertz CT molecular complexity index is 557. The fourth-order valence-electron chi connectivity index (χ4n) is 2.03. The zero-order valence-electron chi connectivity index (χ0n) is 10.8. The molecule has 3 N–H and O–H groups in total. The van der Waals surface area contributed by atoms with E-state index in [1.165, 1.54) is 13.2 Å². The lowest BCUT2D eigenvalue weighted by molar-refractivity contribution is 0.204. The first-order valence-corrected chi connectivity index (χ1v) is 7.56. The summed E-state index contributed by atoms with van der Waals surface area (Å²) in [6.45, 7) is 1.05. The van der Waals surface area contributed by atoms with Gasteiger partial charge in [-0.05, 0) is 30.5 Å². The lowest BCUT2D eigenvalue weighted by Crippen LogP contribution is -2.28. The third-order valence-electron chi connectivity index (χ3n) is 2.88. The van der Waals surface area contributed by atoms with Crippen molar-refractivity contribution in [2.75, 3.05) is 32.6 Å². The molecule has 1 aliphatic heterocycles. The predicted molar refractivity (Wildman–Crippen MR) is 71.7 cm³/mol. The van der Waals surface area contributed by atoms with E-state index in [0.717, 1.165) is 18.4 Å². The SMILES string of the molecule is COCCNS(=O)(=O)c1cc(N)cc2c1OCCC2. The maximum atomic E-state index is 12.2. The van der Waals surface area contributed by atoms with E-state index in [2.05, 4.69) is 4.72 Å². The van der Waals surface area contributed by atoms with Crippen LogP contribution in [0.25, 0.3) is 0 Å². The molecule has 1 aliphatic rings. The van der Waals surface area contributed by atoms with Crippen LogP contribution in [0.3, 0.4) is 0 Å². The minimum atomic E-state index is -3.63. The molecule has 0 spiro atoms. The Kier molecular flexibility index (Phi) is 4.28. The molecule has 0 saturated heterocycles. The number of fused-ring (bicyclic) bond motifs is 1. The first-order valence-electron chi connectivity index (χ1n) is 6.08. The quantitative estimate of drug-likeness (QED) is 0.608. The molecule has 0 bridgehead atoms. The molecule has 1 aromatic rings. The summed E-state index contributed by atoms with van der Waals surface area (Å²) in [4.78, 5) is 0.110. The van der Waals surface area contributed by atoms with E-state index in [1.807, 2.05) is 0 Å². The maximum absolute atomic E-state index is 12.2. The molecule has 0 radical (unpaired) electrons. The van der Waals surface area contributed by atoms with Gasteiger partial charge in [-0.2, -0.15) is 0 Å². The van der Waals surface area contributed by atoms with Crippen molar-refractivity contribution < 1.29 is 17.9 Å². The van der Waals surface area contributed by atoms with Gasteiger partial charge >= 0.3 is 0 Å². The van der Waals surface area contributed by atoms with Gasteiger partial charge in [-0.1, -0.05) is 0 Å². The topological polar surface area (TPSA) is 90.7 Å². The Morgan fingerprint density at radius 1 is 1.47 bits per heavy atom. The van der Waals surface area contributed by atoms with Gasteiger partial charge in [-0.3, -0.25) is 0 Å². The zero-order chi connectivity index (χ0) is 13.9. The highest BCUT2D eigenvalue weighted by Crippen LogP contribution is 2.34. The maximum Gasteiger partial charge on any atom is 0.244 e. The van der Waals surface area contributed by atoms with Crippen LogP contribution in [0.1, 0.15) is 12.0 Å². The normalized spacial score (nSPS) is 14.8. The molecule has 0 saturated carbocycles. The fraction of sp³-hybridized carbons (Fsp3) is 0.500. The number of nitrogens with one attached hydrogen (secondary N) is 1. The number of benzene rings is 1. The van der Waals surface area contributed by atoms with E-state index in [1.54, 1.807) is 6.07 Å². The van der Waals surface area contributed by atoms with Gasteiger partial charge in [0.25, 0.3) is 0 Å². The molecular formula is C12H18N2O4S. The average Bonchev–Trinajstić information content (AvgIpc) is 2.38. The second-order valence-electron chi connectivity index (χ2n) is 4.35. The zero-order valence-corrected chi connectivity index (χ0v) is 11.6. The van der Waals surface area contributed by atoms with E-state index in [0.29, 0.717) is 24.7 Å². The minimum Gasteiger partial charge on any atom is -0.492 e. The molecule has 0 aliphatic carbocycles. The first-order chi connectivity index (χ1) is 9.04. The van der Waals surface area contributed by atoms with Crippen molar-refractivity contribution in [3.63, 3.8) is 0 Å². The van der Waals surface area contributed by atoms with Crippen LogP contribution in [0.5, 0.6) is 5.75 Å². The molecule has 0 amide bonds. The van der Waals surface area contributed by atoms with Crippen molar-refractivity contribution in [3.05, 3.63) is 17.7 Å². The fourth-order valence-corrected chi connectivity index (χ4v) is 3.26. The summed E-state index contributed by atoms with van der Waals surface area (Å²) >= 11 is 0. The Hall–Kier alpha value is -1.31. The molecule has 0 fully saturated rings. The van der Waals surface area contributed by atoms with Crippen LogP contribution in [0.4, 0.5) is 5.69 Å². The number of ether oxygens (including phenoxy) is 2. The molecule has 1 aromatic carbocycles. The Morgan fingerprint density at radius 2 is 2.26 bits per heavy atom. The second-order valence-corrected chi connectivity index (χ2v) is 6.09. The van der Waals surface area contributed by atoms with E-state index >= 15 is 0 Å². The number of anilines is 1. The number of nitrogen functional groups attached to an aromatic ring is 1. The molecule has 19 heavy (non-hydrogen) atoms. The molecule has 6 nitrogen and oxygen atoms in total. The minimum absolute atomic E-state index is 0.110. The van der Waals surface area contributed by atoms with Gasteiger partial charge in [0.15, 0.2) is 0 Å². The van der Waals surface area contributed by atoms with Crippen LogP contribution in [0.2, 0.25) is 0 Å². The number of rotatable bonds is 5. The number of methoxy groups -OCH3 is 1. The Balaban J connectivity index is 2.35. The molecular weight excluding hydrogens is 268 g/mol. The largest absolute Gasteiger partial charge is 0.492 e. The van der Waals surface area contributed by atoms with Gasteiger partial charge in [0, 0.05) is 19.3 Å². The highest BCUT2D eigenvalue weighted by Gasteiger charge is 2.24. The summed E-state index contributed by atoms with van der Waals surface area (Å²) in [6, 6.07) is 3.20. The Labute approximate surface area is 112 Å². The summed E-state index contributed by atoms with van der Waals surface area (Å²) in [5.74, 6) is 0.422. The molecule has 1 heterocycles. The highest BCUT2D eigenvalue weighted by atomic mass is 32.2. The summed E-state index contributed by atoms with van der Waals surface area (Å²) in [5, 5.41) is 0. The van der Waals surface area contributed by atoms with Gasteiger partial charge in [0.2, 0.25) is 10.0 Å². The van der Waals surface area contributed by atoms with Gasteiger partial charge in [0.1, 0.15) is 10.6 Å². The monoisotopic (exact) mass is 286 g/mol. The van der Waals surface area contributed by atoms with E-state index in [9.17, 15) is 8.42 Å². The standard InChI is InChI=1S/C12H18N2O4S/c1-17-6-4-14-19(15,16)11-8-10(13)7-9-3-2-5-18-12(9)11/h7-8,14H,2-6,13H2,1H3. The van der Waals surface area contributed by atoms with Gasteiger partial charge in [0.05, 0.1) is 13.2 Å². The predicted octanol–water partition coefficient (Wildman–Crippen LogP) is 0.519. The third-order valence-corrected chi connectivity index (χ3v) is 4.35. The van der Waals surface area contributed by atoms with Crippen molar-refractivity contribution in [3.8, 4) is 5.75 Å². The molecule has 0 aromatic heterocycles. The molecule has 0 atom stereocenters. The van der Waals surface area contributed by atoms with Crippen LogP contribution < -0.4 is 15.2 Å². The van der Waals surface area contributed by atoms with Crippen LogP contribution in [-0.4, -0.2) is 35.3 Å². The number of hydrogen-bond donors (Lipinski definition) is 2. The van der Waals surface area contributed by atoms with Crippen molar-refractivity contribution in [2.45, 2.75) is 17.7 Å². The van der Waals surface area contributed by atoms with Crippen molar-refractivity contribution in [1.82, 2.24) is 4.72 Å². The number of sulfonamides is 1. The van der Waals surface area contributed by atoms with E-state index in [4.69, 9.17) is 15.2 Å². The van der Waals surface area contributed by atoms with Gasteiger partial charge in [-0.15, -0.1) is 0 Å². The van der Waals surface area contributed by atoms with Crippen molar-refractivity contribution >= 4 is 15.7 Å². The molecule has 2 rings (SSSR count). The van der Waals surface area contributed by atoms with E-state index in [-0.39, 0.29) is 11.4 Å². The summed E-state index contributed by atoms with van der Waals surface area (Å²) in [5.41, 5.74) is 7.03. The number of nitrogens with two attached hydrogens (primary N) is 1. The number of aryl methyl sites for hydroxylation is 1. The van der Waals surface area contributed by atoms with E-state index < -0.39 is 10.0 Å². The Morgan fingerprint density at radius 3 is 3.00 bits per heavy atom. The smallest absolute Gasteiger partial charge is 0.244 e. The van der Waals surface area contributed by atoms with Gasteiger partial charge < -0.3 is 15.2 Å². The first kappa shape index (κ1) is 14.1. The third kappa shape index (κ3) is 3.17. The van der Waals surface area contributed by atoms with Crippen LogP contribution in [0, 0.1) is 0 Å². The van der Waals surface area contributed by atoms with Crippen molar-refractivity contribution in [1.29, 1.82) is 0 Å². The van der Waals surface area contributed by atoms with Crippen LogP contribution >= 0.6 is 0 Å². The lowest BCUT2D eigenvalue weighted by atomic mass is 10.1. The van der Waals surface area contributed by atoms with Gasteiger partial charge in [-0.25, -0.2) is 13.1 Å². The average molecular weight is 286 g/mol. The second kappa shape index (κ2) is 5.77. The summed E-state index contributed by atoms with van der Waals surface area (Å²) in [6.07, 6.45) is 1.65. The number of hydrogen-bond acceptors (Lipinski definition) is 5. The molecule has 106 valence electrons. The highest BCUT2D eigenvalue weighted by molar-refractivity contribution is 7.89. The lowest BCUT2D eigenvalue weighted by Gasteiger charge is -2.21. The van der Waals surface area contributed by atoms with Crippen LogP contribution in [0.15, 0.2) is 17.0 Å². The molecule has 0 unspecified atom stereocenters. The molecule has 7 heteroatoms. The van der Waals surface area contributed by atoms with Crippen molar-refractivity contribution in [2.24, 2.45) is 0 Å².